The van der Waals surface area contributed by atoms with Crippen LogP contribution in [0.4, 0.5) is 11.8 Å². The highest BCUT2D eigenvalue weighted by atomic mass is 32.1. The van der Waals surface area contributed by atoms with Gasteiger partial charge in [0.05, 0.1) is 17.3 Å². The Morgan fingerprint density at radius 2 is 1.73 bits per heavy atom. The molecule has 0 bridgehead atoms. The summed E-state index contributed by atoms with van der Waals surface area (Å²) < 4.78 is 6.50. The Balaban J connectivity index is 1.51. The summed E-state index contributed by atoms with van der Waals surface area (Å²) in [6.07, 6.45) is 0. The quantitative estimate of drug-likeness (QED) is 0.365. The van der Waals surface area contributed by atoms with Crippen LogP contribution in [0.5, 0.6) is 5.75 Å². The van der Waals surface area contributed by atoms with E-state index < -0.39 is 0 Å². The molecule has 0 saturated carbocycles. The molecule has 154 valence electrons. The van der Waals surface area contributed by atoms with Crippen LogP contribution in [-0.2, 0) is 13.1 Å². The van der Waals surface area contributed by atoms with Gasteiger partial charge < -0.3 is 15.4 Å². The van der Waals surface area contributed by atoms with Crippen molar-refractivity contribution in [3.8, 4) is 5.75 Å². The van der Waals surface area contributed by atoms with Gasteiger partial charge in [0.15, 0.2) is 0 Å². The maximum Gasteiger partial charge on any atom is 0.225 e. The lowest BCUT2D eigenvalue weighted by Crippen LogP contribution is -2.08. The Hall–Kier alpha value is -3.12. The van der Waals surface area contributed by atoms with E-state index in [0.717, 1.165) is 27.3 Å². The molecule has 4 aromatic rings. The van der Waals surface area contributed by atoms with Crippen LogP contribution < -0.4 is 15.4 Å². The number of fused-ring (bicyclic) bond motifs is 1. The normalized spacial score (nSPS) is 11.1. The lowest BCUT2D eigenvalue weighted by molar-refractivity contribution is 0.410. The molecule has 0 atom stereocenters. The molecule has 0 spiro atoms. The molecule has 4 rings (SSSR count). The predicted molar refractivity (Wildman–Crippen MR) is 126 cm³/mol. The van der Waals surface area contributed by atoms with Crippen LogP contribution >= 0.6 is 11.3 Å². The van der Waals surface area contributed by atoms with Gasteiger partial charge in [-0.1, -0.05) is 56.3 Å². The van der Waals surface area contributed by atoms with Gasteiger partial charge in [0.25, 0.3) is 0 Å². The first-order chi connectivity index (χ1) is 14.6. The third-order valence-corrected chi connectivity index (χ3v) is 5.95. The Kier molecular flexibility index (Phi) is 6.14. The number of hydrogen-bond donors (Lipinski definition) is 2. The van der Waals surface area contributed by atoms with Gasteiger partial charge in [0.1, 0.15) is 11.6 Å². The van der Waals surface area contributed by atoms with Gasteiger partial charge in [-0.15, -0.1) is 11.3 Å². The molecular formula is C24H26N4OS. The number of nitrogens with zero attached hydrogens (tertiary/aromatic N) is 2. The van der Waals surface area contributed by atoms with Gasteiger partial charge in [0.2, 0.25) is 5.95 Å². The van der Waals surface area contributed by atoms with Crippen molar-refractivity contribution < 1.29 is 4.74 Å². The molecule has 2 aromatic carbocycles. The average Bonchev–Trinajstić information content (AvgIpc) is 3.25. The van der Waals surface area contributed by atoms with Gasteiger partial charge >= 0.3 is 0 Å². The summed E-state index contributed by atoms with van der Waals surface area (Å²) in [7, 11) is 1.68. The summed E-state index contributed by atoms with van der Waals surface area (Å²) in [4.78, 5) is 9.40. The van der Waals surface area contributed by atoms with Crippen molar-refractivity contribution >= 4 is 33.3 Å². The van der Waals surface area contributed by atoms with Gasteiger partial charge in [-0.25, -0.2) is 4.98 Å². The number of thiophene rings is 1. The van der Waals surface area contributed by atoms with Crippen LogP contribution in [0.25, 0.3) is 10.2 Å². The molecule has 2 N–H and O–H groups in total. The zero-order valence-electron chi connectivity index (χ0n) is 17.5. The molecular weight excluding hydrogens is 392 g/mol. The highest BCUT2D eigenvalue weighted by molar-refractivity contribution is 7.17. The second-order valence-electron chi connectivity index (χ2n) is 7.45. The summed E-state index contributed by atoms with van der Waals surface area (Å²) in [5.74, 6) is 2.84. The minimum Gasteiger partial charge on any atom is -0.496 e. The van der Waals surface area contributed by atoms with Gasteiger partial charge in [0, 0.05) is 18.7 Å². The van der Waals surface area contributed by atoms with E-state index in [-0.39, 0.29) is 0 Å². The second kappa shape index (κ2) is 9.13. The standard InChI is InChI=1S/C24H26N4OS/c1-16(2)18-10-8-17(9-11-18)14-25-23-22-20(12-13-30-22)27-24(28-23)26-15-19-6-4-5-7-21(19)29-3/h4-13,16H,14-15H2,1-3H3,(H2,25,26,27,28). The zero-order chi connectivity index (χ0) is 20.9. The molecule has 0 aliphatic carbocycles. The Bertz CT molecular complexity index is 1120. The second-order valence-corrected chi connectivity index (χ2v) is 8.36. The van der Waals surface area contributed by atoms with Crippen molar-refractivity contribution in [2.75, 3.05) is 17.7 Å². The van der Waals surface area contributed by atoms with Crippen LogP contribution in [0.1, 0.15) is 36.5 Å². The molecule has 30 heavy (non-hydrogen) atoms. The van der Waals surface area contributed by atoms with E-state index in [4.69, 9.17) is 9.72 Å². The number of nitrogens with one attached hydrogen (secondary N) is 2. The fraction of sp³-hybridized carbons (Fsp3) is 0.250. The van der Waals surface area contributed by atoms with E-state index in [1.165, 1.54) is 11.1 Å². The number of para-hydroxylation sites is 1. The minimum absolute atomic E-state index is 0.538. The number of aromatic nitrogens is 2. The third-order valence-electron chi connectivity index (χ3n) is 5.04. The largest absolute Gasteiger partial charge is 0.496 e. The lowest BCUT2D eigenvalue weighted by atomic mass is 10.0. The lowest BCUT2D eigenvalue weighted by Gasteiger charge is -2.12. The molecule has 2 heterocycles. The van der Waals surface area contributed by atoms with Crippen LogP contribution in [0, 0.1) is 0 Å². The van der Waals surface area contributed by atoms with Crippen molar-refractivity contribution in [3.05, 3.63) is 76.7 Å². The number of ether oxygens (including phenoxy) is 1. The fourth-order valence-corrected chi connectivity index (χ4v) is 4.09. The number of anilines is 2. The van der Waals surface area contributed by atoms with Crippen molar-refractivity contribution in [2.24, 2.45) is 0 Å². The molecule has 0 amide bonds. The molecule has 2 aromatic heterocycles. The number of hydrogen-bond acceptors (Lipinski definition) is 6. The van der Waals surface area contributed by atoms with Crippen LogP contribution in [-0.4, -0.2) is 17.1 Å². The van der Waals surface area contributed by atoms with Crippen molar-refractivity contribution in [3.63, 3.8) is 0 Å². The van der Waals surface area contributed by atoms with Crippen LogP contribution in [0.15, 0.2) is 60.0 Å². The molecule has 0 fully saturated rings. The molecule has 0 radical (unpaired) electrons. The molecule has 6 heteroatoms. The van der Waals surface area contributed by atoms with Crippen molar-refractivity contribution in [2.45, 2.75) is 32.9 Å². The van der Waals surface area contributed by atoms with Crippen molar-refractivity contribution in [1.82, 2.24) is 9.97 Å². The maximum atomic E-state index is 5.43. The molecule has 0 aliphatic heterocycles. The highest BCUT2D eigenvalue weighted by Crippen LogP contribution is 2.28. The summed E-state index contributed by atoms with van der Waals surface area (Å²) in [5, 5.41) is 8.88. The minimum atomic E-state index is 0.538. The molecule has 0 aliphatic rings. The molecule has 5 nitrogen and oxygen atoms in total. The Morgan fingerprint density at radius 3 is 2.50 bits per heavy atom. The highest BCUT2D eigenvalue weighted by Gasteiger charge is 2.10. The number of benzene rings is 2. The van der Waals surface area contributed by atoms with E-state index in [1.807, 2.05) is 35.7 Å². The smallest absolute Gasteiger partial charge is 0.225 e. The fourth-order valence-electron chi connectivity index (χ4n) is 3.29. The predicted octanol–water partition coefficient (Wildman–Crippen LogP) is 6.05. The summed E-state index contributed by atoms with van der Waals surface area (Å²) in [6.45, 7) is 5.73. The van der Waals surface area contributed by atoms with E-state index >= 15 is 0 Å². The van der Waals surface area contributed by atoms with Gasteiger partial charge in [-0.3, -0.25) is 0 Å². The summed E-state index contributed by atoms with van der Waals surface area (Å²) in [5.41, 5.74) is 4.58. The van der Waals surface area contributed by atoms with E-state index in [9.17, 15) is 0 Å². The van der Waals surface area contributed by atoms with Crippen LogP contribution in [0.3, 0.4) is 0 Å². The maximum absolute atomic E-state index is 5.43. The topological polar surface area (TPSA) is 59.1 Å². The van der Waals surface area contributed by atoms with Crippen LogP contribution in [0.2, 0.25) is 0 Å². The Morgan fingerprint density at radius 1 is 0.933 bits per heavy atom. The summed E-state index contributed by atoms with van der Waals surface area (Å²) in [6, 6.07) is 18.7. The number of methoxy groups -OCH3 is 1. The zero-order valence-corrected chi connectivity index (χ0v) is 18.3. The van der Waals surface area contributed by atoms with E-state index in [0.29, 0.717) is 25.0 Å². The van der Waals surface area contributed by atoms with Gasteiger partial charge in [-0.2, -0.15) is 4.98 Å². The van der Waals surface area contributed by atoms with E-state index in [1.54, 1.807) is 18.4 Å². The first-order valence-electron chi connectivity index (χ1n) is 10.1. The molecule has 0 unspecified atom stereocenters. The Labute approximate surface area is 181 Å². The number of rotatable bonds is 8. The first-order valence-corrected chi connectivity index (χ1v) is 11.0. The summed E-state index contributed by atoms with van der Waals surface area (Å²) >= 11 is 1.65. The third kappa shape index (κ3) is 4.54. The SMILES string of the molecule is COc1ccccc1CNc1nc(NCc2ccc(C(C)C)cc2)c2sccc2n1. The van der Waals surface area contributed by atoms with Gasteiger partial charge in [-0.05, 0) is 34.6 Å². The average molecular weight is 419 g/mol. The van der Waals surface area contributed by atoms with E-state index in [2.05, 4.69) is 53.7 Å². The monoisotopic (exact) mass is 418 g/mol. The van der Waals surface area contributed by atoms with Crippen molar-refractivity contribution in [1.29, 1.82) is 0 Å². The molecule has 0 saturated heterocycles. The first kappa shape index (κ1) is 20.2.